The summed E-state index contributed by atoms with van der Waals surface area (Å²) in [6, 6.07) is 46.3. The molecule has 4 fully saturated rings. The molecule has 6 aliphatic heterocycles. The molecule has 6 aromatic rings. The number of carbonyl (C=O) groups is 2. The molecule has 112 heavy (non-hydrogen) atoms. The summed E-state index contributed by atoms with van der Waals surface area (Å²) < 4.78 is 168. The molecular formula is C76H90N6Na2O24P2S2. The fourth-order valence-corrected chi connectivity index (χ4v) is 18.8. The van der Waals surface area contributed by atoms with Gasteiger partial charge in [-0.2, -0.15) is 19.1 Å². The van der Waals surface area contributed by atoms with Crippen LogP contribution in [-0.2, 0) is 102 Å². The average molecular weight is 1640 g/mol. The van der Waals surface area contributed by atoms with Gasteiger partial charge in [-0.3, -0.25) is 13.6 Å². The first-order valence-electron chi connectivity index (χ1n) is 36.0. The van der Waals surface area contributed by atoms with Crippen molar-refractivity contribution >= 4 is 47.9 Å². The number of alkyl carbamates (subject to hydrolysis) is 2. The maximum absolute atomic E-state index is 15.2. The first-order chi connectivity index (χ1) is 52.6. The van der Waals surface area contributed by atoms with Gasteiger partial charge in [0.25, 0.3) is 0 Å². The van der Waals surface area contributed by atoms with Crippen molar-refractivity contribution in [3.8, 4) is 35.1 Å². The standard InChI is InChI=1S/C45H52N3O12PS.C31H40N3O12PS.2Na/c1-45(2,22-12-23-46)31-48(62(51,52)36-19-20-39-40(26-36)56-32-55-39)27-41(60-61(50,57-28-34-15-8-4-9-16-34)58-29-35-17-10-5-11-18-35)38(25-33-13-6-3-7-14-33)47-44(49)59-42-30-54-43-37(42)21-24-53-43;1-31(2,12-6-13-32)19-34(48(39,40)22-9-10-25-26(16-22)44-20-43-25)17-27(46-47(36,37)38)24(15-21-7-4-3-5-8-21)33-30(35)45-28-18-42-29-23(28)11-14-41-29;;/h3-11,13-20,26,37-38,41-43H,12,21-22,24-25,27-32H2,1-2H3,(H,47,49);3-5,7-10,16,23-24,27-29H,6,11-12,14-15,17-20H2,1-2H3,(H,33,35)(H2,36,37,38);;/q;;2*+1/p-2/t37-,38-,41+,42-,43+;23-,24-,27+,28-,29+;;/m00../s1. The van der Waals surface area contributed by atoms with Crippen LogP contribution in [0.1, 0.15) is 88.5 Å². The van der Waals surface area contributed by atoms with Gasteiger partial charge in [-0.15, -0.1) is 0 Å². The summed E-state index contributed by atoms with van der Waals surface area (Å²) in [6.45, 7) is 6.48. The Kier molecular flexibility index (Phi) is 33.0. The van der Waals surface area contributed by atoms with E-state index in [9.17, 15) is 51.3 Å². The van der Waals surface area contributed by atoms with Crippen LogP contribution in [0.2, 0.25) is 0 Å². The molecule has 2 N–H and O–H groups in total. The maximum Gasteiger partial charge on any atom is 1.00 e. The number of nitrogens with zero attached hydrogens (tertiary/aromatic N) is 4. The van der Waals surface area contributed by atoms with Crippen LogP contribution in [0.25, 0.3) is 0 Å². The number of phosphoric acid groups is 2. The molecule has 6 aromatic carbocycles. The van der Waals surface area contributed by atoms with Crippen LogP contribution in [0.3, 0.4) is 0 Å². The Balaban J connectivity index is 0.000000261. The number of hydrogen-bond acceptors (Lipinski definition) is 26. The van der Waals surface area contributed by atoms with E-state index in [4.69, 9.17) is 65.5 Å². The summed E-state index contributed by atoms with van der Waals surface area (Å²) in [5, 5.41) is 24.3. The fraction of sp³-hybridized carbons (Fsp3) is 0.474. The molecule has 0 saturated carbocycles. The van der Waals surface area contributed by atoms with Crippen molar-refractivity contribution in [2.45, 2.75) is 151 Å². The predicted octanol–water partition coefficient (Wildman–Crippen LogP) is 3.82. The average Bonchev–Trinajstić information content (AvgIpc) is 1.03. The predicted molar refractivity (Wildman–Crippen MR) is 390 cm³/mol. The van der Waals surface area contributed by atoms with Crippen LogP contribution in [0, 0.1) is 45.3 Å². The van der Waals surface area contributed by atoms with Crippen LogP contribution >= 0.6 is 15.6 Å². The van der Waals surface area contributed by atoms with E-state index >= 15 is 4.57 Å². The van der Waals surface area contributed by atoms with E-state index in [-0.39, 0.29) is 171 Å². The second kappa shape index (κ2) is 41.2. The van der Waals surface area contributed by atoms with Crippen LogP contribution in [0.15, 0.2) is 168 Å². The molecule has 592 valence electrons. The topological polar surface area (TPSA) is 390 Å². The molecule has 6 aliphatic rings. The molecular weight excluding hydrogens is 1550 g/mol. The molecule has 4 saturated heterocycles. The number of hydrogen-bond donors (Lipinski definition) is 2. The molecule has 10 atom stereocenters. The van der Waals surface area contributed by atoms with Crippen molar-refractivity contribution in [1.29, 1.82) is 10.5 Å². The van der Waals surface area contributed by atoms with E-state index in [1.807, 2.05) is 80.6 Å². The molecule has 36 heteroatoms. The van der Waals surface area contributed by atoms with E-state index in [2.05, 4.69) is 22.8 Å². The summed E-state index contributed by atoms with van der Waals surface area (Å²) in [5.41, 5.74) is 1.22. The minimum atomic E-state index is -5.76. The summed E-state index contributed by atoms with van der Waals surface area (Å²) in [4.78, 5) is 51.4. The van der Waals surface area contributed by atoms with E-state index in [0.29, 0.717) is 67.1 Å². The van der Waals surface area contributed by atoms with Gasteiger partial charge in [0.15, 0.2) is 35.6 Å². The van der Waals surface area contributed by atoms with Gasteiger partial charge in [-0.1, -0.05) is 149 Å². The minimum Gasteiger partial charge on any atom is -0.790 e. The Morgan fingerprint density at radius 2 is 0.902 bits per heavy atom. The van der Waals surface area contributed by atoms with Crippen LogP contribution in [0.5, 0.6) is 23.0 Å². The Morgan fingerprint density at radius 3 is 1.28 bits per heavy atom. The molecule has 0 radical (unpaired) electrons. The monoisotopic (exact) mass is 1640 g/mol. The smallest absolute Gasteiger partial charge is 0.790 e. The number of ether oxygens (including phenoxy) is 10. The third kappa shape index (κ3) is 25.5. The number of rotatable bonds is 36. The summed E-state index contributed by atoms with van der Waals surface area (Å²) in [5.74, 6) is 0.866. The zero-order chi connectivity index (χ0) is 78.1. The number of sulfonamides is 2. The normalized spacial score (nSPS) is 20.1. The fourth-order valence-electron chi connectivity index (χ4n) is 13.6. The van der Waals surface area contributed by atoms with Gasteiger partial charge in [0, 0.05) is 51.2 Å². The van der Waals surface area contributed by atoms with Gasteiger partial charge < -0.3 is 76.9 Å². The van der Waals surface area contributed by atoms with Gasteiger partial charge in [-0.05, 0) is 95.9 Å². The zero-order valence-electron chi connectivity index (χ0n) is 63.2. The SMILES string of the molecule is CC(C)(CCC#N)CN(C[C@@H](OP(=O)(OCc1ccccc1)OCc1ccccc1)[C@H](Cc1ccccc1)NC(=O)O[C@H]1CO[C@H]2OCC[C@H]21)S(=O)(=O)c1ccc2c(c1)OCO2.CC(C)(CCC#N)CN(C[C@@H](OP(=O)([O-])[O-])[C@H](Cc1ccccc1)NC(=O)O[C@H]1CO[C@H]2OCC[C@H]21)S(=O)(=O)c1ccc2c(c1)OCO2.[Na+].[Na+]. The number of nitrogens with one attached hydrogen (secondary N) is 2. The van der Waals surface area contributed by atoms with E-state index in [0.717, 1.165) is 9.87 Å². The quantitative estimate of drug-likeness (QED) is 0.0417. The number of benzene rings is 6. The second-order valence-corrected chi connectivity index (χ2v) is 35.4. The number of fused-ring (bicyclic) bond motifs is 4. The second-order valence-electron chi connectivity index (χ2n) is 28.8. The van der Waals surface area contributed by atoms with Crippen molar-refractivity contribution in [2.24, 2.45) is 22.7 Å². The van der Waals surface area contributed by atoms with Gasteiger partial charge >= 0.3 is 79.1 Å². The van der Waals surface area contributed by atoms with E-state index in [1.165, 1.54) is 40.7 Å². The molecule has 0 spiro atoms. The minimum absolute atomic E-state index is 0. The van der Waals surface area contributed by atoms with Crippen molar-refractivity contribution in [2.75, 3.05) is 66.2 Å². The Hall–Kier alpha value is -6.08. The van der Waals surface area contributed by atoms with Crippen molar-refractivity contribution in [1.82, 2.24) is 19.2 Å². The van der Waals surface area contributed by atoms with Gasteiger partial charge in [0.1, 0.15) is 18.3 Å². The third-order valence-electron chi connectivity index (χ3n) is 19.3. The van der Waals surface area contributed by atoms with Crippen molar-refractivity contribution in [3.05, 3.63) is 180 Å². The number of amides is 2. The largest absolute Gasteiger partial charge is 1.00 e. The van der Waals surface area contributed by atoms with Crippen LogP contribution in [-0.4, -0.2) is 153 Å². The first-order valence-corrected chi connectivity index (χ1v) is 41.8. The third-order valence-corrected chi connectivity index (χ3v) is 24.9. The van der Waals surface area contributed by atoms with E-state index < -0.39 is 121 Å². The summed E-state index contributed by atoms with van der Waals surface area (Å²) >= 11 is 0. The summed E-state index contributed by atoms with van der Waals surface area (Å²) in [6.07, 6.45) is -4.80. The van der Waals surface area contributed by atoms with Gasteiger partial charge in [0.2, 0.25) is 33.6 Å². The van der Waals surface area contributed by atoms with Crippen LogP contribution in [0.4, 0.5) is 9.59 Å². The van der Waals surface area contributed by atoms with Crippen molar-refractivity contribution < 1.29 is 170 Å². The van der Waals surface area contributed by atoms with Gasteiger partial charge in [-0.25, -0.2) is 31.0 Å². The molecule has 2 amide bonds. The first kappa shape index (κ1) is 89.8. The van der Waals surface area contributed by atoms with Gasteiger partial charge in [0.05, 0.1) is 99.4 Å². The molecule has 6 heterocycles. The molecule has 30 nitrogen and oxygen atoms in total. The summed E-state index contributed by atoms with van der Waals surface area (Å²) in [7, 11) is -19.2. The molecule has 0 unspecified atom stereocenters. The Morgan fingerprint density at radius 1 is 0.536 bits per heavy atom. The molecule has 12 rings (SSSR count). The molecule has 0 aliphatic carbocycles. The molecule has 0 bridgehead atoms. The van der Waals surface area contributed by atoms with E-state index in [1.54, 1.807) is 68.4 Å². The Labute approximate surface area is 697 Å². The number of phosphoric ester groups is 2. The zero-order valence-corrected chi connectivity index (χ0v) is 70.6. The van der Waals surface area contributed by atoms with Crippen molar-refractivity contribution in [3.63, 3.8) is 0 Å². The molecule has 0 aromatic heterocycles. The van der Waals surface area contributed by atoms with Crippen LogP contribution < -0.4 is 98.5 Å². The maximum atomic E-state index is 15.2. The number of carbonyl (C=O) groups excluding carboxylic acids is 2. The Bertz CT molecular complexity index is 4450. The number of nitriles is 2.